The number of nitrogens with two attached hydrogens (primary N) is 1. The van der Waals surface area contributed by atoms with Gasteiger partial charge in [-0.15, -0.1) is 12.4 Å². The van der Waals surface area contributed by atoms with Crippen LogP contribution < -0.4 is 11.1 Å². The van der Waals surface area contributed by atoms with Gasteiger partial charge in [-0.2, -0.15) is 0 Å². The molecule has 1 unspecified atom stereocenters. The Morgan fingerprint density at radius 1 is 1.12 bits per heavy atom. The summed E-state index contributed by atoms with van der Waals surface area (Å²) in [6, 6.07) is 15.6. The van der Waals surface area contributed by atoms with Crippen molar-refractivity contribution in [3.63, 3.8) is 0 Å². The van der Waals surface area contributed by atoms with Crippen LogP contribution in [0.3, 0.4) is 0 Å². The standard InChI is InChI=1S/C18H17N3O3.ClH/c19-14(8-11-4-2-1-3-5-11)17(22)20-13-6-7-15-12(9-13)10-16(21-15)18(23)24;/h1-7,9-10,14,21H,8,19H2,(H,20,22)(H,23,24);1H. The lowest BCUT2D eigenvalue weighted by Gasteiger charge is -2.12. The number of aromatic nitrogens is 1. The molecule has 1 atom stereocenters. The molecule has 25 heavy (non-hydrogen) atoms. The summed E-state index contributed by atoms with van der Waals surface area (Å²) in [7, 11) is 0. The summed E-state index contributed by atoms with van der Waals surface area (Å²) >= 11 is 0. The second-order valence-corrected chi connectivity index (χ2v) is 5.58. The first-order valence-electron chi connectivity index (χ1n) is 7.49. The molecular weight excluding hydrogens is 342 g/mol. The van der Waals surface area contributed by atoms with Crippen LogP contribution in [0.15, 0.2) is 54.6 Å². The van der Waals surface area contributed by atoms with E-state index in [1.54, 1.807) is 18.2 Å². The van der Waals surface area contributed by atoms with E-state index in [0.29, 0.717) is 23.0 Å². The highest BCUT2D eigenvalue weighted by atomic mass is 35.5. The molecule has 0 aliphatic rings. The van der Waals surface area contributed by atoms with E-state index in [0.717, 1.165) is 5.56 Å². The molecule has 3 rings (SSSR count). The van der Waals surface area contributed by atoms with Crippen molar-refractivity contribution in [2.45, 2.75) is 12.5 Å². The number of hydrogen-bond acceptors (Lipinski definition) is 3. The second-order valence-electron chi connectivity index (χ2n) is 5.58. The number of benzene rings is 2. The number of H-pyrrole nitrogens is 1. The highest BCUT2D eigenvalue weighted by Gasteiger charge is 2.15. The number of halogens is 1. The number of aromatic amines is 1. The molecule has 0 fully saturated rings. The number of carbonyl (C=O) groups excluding carboxylic acids is 1. The first-order valence-corrected chi connectivity index (χ1v) is 7.49. The molecule has 0 radical (unpaired) electrons. The smallest absolute Gasteiger partial charge is 0.352 e. The van der Waals surface area contributed by atoms with E-state index in [-0.39, 0.29) is 24.0 Å². The average Bonchev–Trinajstić information content (AvgIpc) is 2.99. The lowest BCUT2D eigenvalue weighted by molar-refractivity contribution is -0.117. The van der Waals surface area contributed by atoms with Gasteiger partial charge < -0.3 is 21.1 Å². The molecule has 7 heteroatoms. The molecule has 2 aromatic carbocycles. The van der Waals surface area contributed by atoms with Crippen LogP contribution in [-0.4, -0.2) is 28.0 Å². The van der Waals surface area contributed by atoms with Gasteiger partial charge in [0.2, 0.25) is 5.91 Å². The summed E-state index contributed by atoms with van der Waals surface area (Å²) in [6.45, 7) is 0. The van der Waals surface area contributed by atoms with Crippen LogP contribution in [0.1, 0.15) is 16.1 Å². The molecule has 0 bridgehead atoms. The van der Waals surface area contributed by atoms with Gasteiger partial charge in [-0.05, 0) is 36.2 Å². The maximum absolute atomic E-state index is 12.2. The van der Waals surface area contributed by atoms with E-state index in [1.165, 1.54) is 6.07 Å². The van der Waals surface area contributed by atoms with Crippen molar-refractivity contribution < 1.29 is 14.7 Å². The molecule has 1 amide bonds. The first kappa shape index (κ1) is 18.5. The number of rotatable bonds is 5. The number of carbonyl (C=O) groups is 2. The van der Waals surface area contributed by atoms with Gasteiger partial charge in [0.05, 0.1) is 6.04 Å². The Hall–Kier alpha value is -2.83. The summed E-state index contributed by atoms with van der Waals surface area (Å²) in [6.07, 6.45) is 0.447. The predicted molar refractivity (Wildman–Crippen MR) is 99.3 cm³/mol. The third-order valence-electron chi connectivity index (χ3n) is 3.75. The summed E-state index contributed by atoms with van der Waals surface area (Å²) in [4.78, 5) is 26.0. The predicted octanol–water partition coefficient (Wildman–Crippen LogP) is 2.80. The monoisotopic (exact) mass is 359 g/mol. The van der Waals surface area contributed by atoms with Crippen LogP contribution >= 0.6 is 12.4 Å². The van der Waals surface area contributed by atoms with Crippen LogP contribution in [0.25, 0.3) is 10.9 Å². The second kappa shape index (κ2) is 7.83. The quantitative estimate of drug-likeness (QED) is 0.561. The van der Waals surface area contributed by atoms with Crippen LogP contribution in [-0.2, 0) is 11.2 Å². The summed E-state index contributed by atoms with van der Waals surface area (Å²) in [5, 5.41) is 12.5. The minimum absolute atomic E-state index is 0. The number of amides is 1. The van der Waals surface area contributed by atoms with Crippen molar-refractivity contribution in [2.75, 3.05) is 5.32 Å². The average molecular weight is 360 g/mol. The topological polar surface area (TPSA) is 108 Å². The third-order valence-corrected chi connectivity index (χ3v) is 3.75. The van der Waals surface area contributed by atoms with Gasteiger partial charge in [-0.3, -0.25) is 4.79 Å². The molecule has 3 aromatic rings. The Morgan fingerprint density at radius 2 is 1.84 bits per heavy atom. The molecule has 6 nitrogen and oxygen atoms in total. The fourth-order valence-corrected chi connectivity index (χ4v) is 2.52. The van der Waals surface area contributed by atoms with Gasteiger partial charge in [-0.25, -0.2) is 4.79 Å². The number of hydrogen-bond donors (Lipinski definition) is 4. The zero-order valence-corrected chi connectivity index (χ0v) is 14.0. The normalized spacial score (nSPS) is 11.6. The maximum Gasteiger partial charge on any atom is 0.352 e. The number of carboxylic acids is 1. The van der Waals surface area contributed by atoms with Crippen molar-refractivity contribution in [1.29, 1.82) is 0 Å². The van der Waals surface area contributed by atoms with Crippen molar-refractivity contribution in [3.05, 3.63) is 65.9 Å². The molecule has 0 saturated carbocycles. The first-order chi connectivity index (χ1) is 11.5. The highest BCUT2D eigenvalue weighted by molar-refractivity contribution is 5.98. The van der Waals surface area contributed by atoms with Gasteiger partial charge in [0.15, 0.2) is 0 Å². The zero-order chi connectivity index (χ0) is 17.1. The van der Waals surface area contributed by atoms with Crippen LogP contribution in [0.2, 0.25) is 0 Å². The van der Waals surface area contributed by atoms with Crippen molar-refractivity contribution in [2.24, 2.45) is 5.73 Å². The minimum atomic E-state index is -1.03. The van der Waals surface area contributed by atoms with E-state index in [9.17, 15) is 9.59 Å². The number of aromatic carboxylic acids is 1. The SMILES string of the molecule is Cl.NC(Cc1ccccc1)C(=O)Nc1ccc2[nH]c(C(=O)O)cc2c1. The highest BCUT2D eigenvalue weighted by Crippen LogP contribution is 2.20. The van der Waals surface area contributed by atoms with Gasteiger partial charge in [0, 0.05) is 16.6 Å². The molecule has 5 N–H and O–H groups in total. The Morgan fingerprint density at radius 3 is 2.52 bits per heavy atom. The molecule has 0 aliphatic carbocycles. The Bertz CT molecular complexity index is 893. The number of nitrogens with one attached hydrogen (secondary N) is 2. The van der Waals surface area contributed by atoms with Gasteiger partial charge in [-0.1, -0.05) is 30.3 Å². The largest absolute Gasteiger partial charge is 0.477 e. The molecule has 1 aromatic heterocycles. The van der Waals surface area contributed by atoms with E-state index in [1.807, 2.05) is 30.3 Å². The Labute approximate surface area is 150 Å². The third kappa shape index (κ3) is 4.37. The molecule has 130 valence electrons. The minimum Gasteiger partial charge on any atom is -0.477 e. The van der Waals surface area contributed by atoms with Crippen LogP contribution in [0.4, 0.5) is 5.69 Å². The number of anilines is 1. The molecular formula is C18H18ClN3O3. The van der Waals surface area contributed by atoms with E-state index in [2.05, 4.69) is 10.3 Å². The number of carboxylic acid groups (broad SMARTS) is 1. The zero-order valence-electron chi connectivity index (χ0n) is 13.2. The van der Waals surface area contributed by atoms with Gasteiger partial charge >= 0.3 is 5.97 Å². The number of fused-ring (bicyclic) bond motifs is 1. The molecule has 1 heterocycles. The summed E-state index contributed by atoms with van der Waals surface area (Å²) in [5.41, 5.74) is 8.33. The lowest BCUT2D eigenvalue weighted by Crippen LogP contribution is -2.37. The van der Waals surface area contributed by atoms with E-state index >= 15 is 0 Å². The lowest BCUT2D eigenvalue weighted by atomic mass is 10.1. The summed E-state index contributed by atoms with van der Waals surface area (Å²) in [5.74, 6) is -1.31. The fraction of sp³-hybridized carbons (Fsp3) is 0.111. The van der Waals surface area contributed by atoms with Crippen molar-refractivity contribution >= 4 is 40.9 Å². The molecule has 0 saturated heterocycles. The summed E-state index contributed by atoms with van der Waals surface area (Å²) < 4.78 is 0. The van der Waals surface area contributed by atoms with E-state index in [4.69, 9.17) is 10.8 Å². The molecule has 0 aliphatic heterocycles. The van der Waals surface area contributed by atoms with E-state index < -0.39 is 12.0 Å². The maximum atomic E-state index is 12.2. The van der Waals surface area contributed by atoms with Crippen LogP contribution in [0, 0.1) is 0 Å². The van der Waals surface area contributed by atoms with Gasteiger partial charge in [0.1, 0.15) is 5.69 Å². The van der Waals surface area contributed by atoms with Crippen molar-refractivity contribution in [1.82, 2.24) is 4.98 Å². The fourth-order valence-electron chi connectivity index (χ4n) is 2.52. The Balaban J connectivity index is 0.00000225. The Kier molecular flexibility index (Phi) is 5.80. The van der Waals surface area contributed by atoms with Crippen molar-refractivity contribution in [3.8, 4) is 0 Å². The van der Waals surface area contributed by atoms with Crippen LogP contribution in [0.5, 0.6) is 0 Å². The van der Waals surface area contributed by atoms with Gasteiger partial charge in [0.25, 0.3) is 0 Å². The molecule has 0 spiro atoms.